The standard InChI is InChI=1S/C13H24N4O/c1-4-14-9-12-10-15-13(16-11-12)17(5-2)7-8-18-6-3/h10-11,14H,4-9H2,1-3H3. The van der Waals surface area contributed by atoms with Crippen molar-refractivity contribution in [3.63, 3.8) is 0 Å². The number of ether oxygens (including phenoxy) is 1. The molecule has 5 nitrogen and oxygen atoms in total. The summed E-state index contributed by atoms with van der Waals surface area (Å²) in [5.41, 5.74) is 1.11. The van der Waals surface area contributed by atoms with Crippen molar-refractivity contribution in [2.45, 2.75) is 27.3 Å². The van der Waals surface area contributed by atoms with Gasteiger partial charge < -0.3 is 15.0 Å². The van der Waals surface area contributed by atoms with Crippen LogP contribution in [0, 0.1) is 0 Å². The second kappa shape index (κ2) is 8.83. The molecule has 0 atom stereocenters. The van der Waals surface area contributed by atoms with E-state index in [-0.39, 0.29) is 0 Å². The predicted octanol–water partition coefficient (Wildman–Crippen LogP) is 1.45. The minimum Gasteiger partial charge on any atom is -0.380 e. The van der Waals surface area contributed by atoms with E-state index in [0.29, 0.717) is 6.61 Å². The van der Waals surface area contributed by atoms with E-state index >= 15 is 0 Å². The topological polar surface area (TPSA) is 50.3 Å². The van der Waals surface area contributed by atoms with Crippen LogP contribution in [0.2, 0.25) is 0 Å². The summed E-state index contributed by atoms with van der Waals surface area (Å²) in [5.74, 6) is 0.775. The lowest BCUT2D eigenvalue weighted by molar-refractivity contribution is 0.153. The summed E-state index contributed by atoms with van der Waals surface area (Å²) in [7, 11) is 0. The maximum absolute atomic E-state index is 5.36. The van der Waals surface area contributed by atoms with Gasteiger partial charge in [0.1, 0.15) is 0 Å². The molecule has 0 bridgehead atoms. The Morgan fingerprint density at radius 3 is 2.50 bits per heavy atom. The first-order valence-electron chi connectivity index (χ1n) is 6.66. The van der Waals surface area contributed by atoms with Gasteiger partial charge in [-0.3, -0.25) is 0 Å². The van der Waals surface area contributed by atoms with Gasteiger partial charge in [-0.15, -0.1) is 0 Å². The van der Waals surface area contributed by atoms with Gasteiger partial charge in [0.05, 0.1) is 6.61 Å². The third kappa shape index (κ3) is 4.98. The van der Waals surface area contributed by atoms with Gasteiger partial charge in [0.15, 0.2) is 0 Å². The number of nitrogens with zero attached hydrogens (tertiary/aromatic N) is 3. The van der Waals surface area contributed by atoms with Crippen LogP contribution in [0.4, 0.5) is 5.95 Å². The van der Waals surface area contributed by atoms with Crippen LogP contribution >= 0.6 is 0 Å². The van der Waals surface area contributed by atoms with Crippen LogP contribution in [0.1, 0.15) is 26.3 Å². The first-order chi connectivity index (χ1) is 8.81. The highest BCUT2D eigenvalue weighted by Gasteiger charge is 2.06. The summed E-state index contributed by atoms with van der Waals surface area (Å²) in [4.78, 5) is 10.9. The van der Waals surface area contributed by atoms with Gasteiger partial charge in [-0.25, -0.2) is 9.97 Å². The summed E-state index contributed by atoms with van der Waals surface area (Å²) in [6.45, 7) is 11.1. The van der Waals surface area contributed by atoms with Gasteiger partial charge in [0, 0.05) is 44.2 Å². The molecular weight excluding hydrogens is 228 g/mol. The van der Waals surface area contributed by atoms with Gasteiger partial charge in [0.25, 0.3) is 0 Å². The molecule has 5 heteroatoms. The highest BCUT2D eigenvalue weighted by atomic mass is 16.5. The minimum absolute atomic E-state index is 0.715. The van der Waals surface area contributed by atoms with Crippen molar-refractivity contribution in [1.82, 2.24) is 15.3 Å². The van der Waals surface area contributed by atoms with Gasteiger partial charge in [0.2, 0.25) is 5.95 Å². The van der Waals surface area contributed by atoms with E-state index in [1.165, 1.54) is 0 Å². The van der Waals surface area contributed by atoms with Crippen molar-refractivity contribution in [3.8, 4) is 0 Å². The average molecular weight is 252 g/mol. The van der Waals surface area contributed by atoms with E-state index in [9.17, 15) is 0 Å². The van der Waals surface area contributed by atoms with E-state index in [1.807, 2.05) is 19.3 Å². The maximum atomic E-state index is 5.36. The molecule has 1 heterocycles. The Kier molecular flexibility index (Phi) is 7.29. The lowest BCUT2D eigenvalue weighted by Crippen LogP contribution is -2.29. The zero-order valence-corrected chi connectivity index (χ0v) is 11.6. The van der Waals surface area contributed by atoms with E-state index < -0.39 is 0 Å². The molecule has 0 spiro atoms. The molecule has 0 saturated heterocycles. The molecule has 1 aromatic rings. The molecule has 1 N–H and O–H groups in total. The Bertz CT molecular complexity index is 315. The predicted molar refractivity (Wildman–Crippen MR) is 73.8 cm³/mol. The Morgan fingerprint density at radius 1 is 1.22 bits per heavy atom. The monoisotopic (exact) mass is 252 g/mol. The largest absolute Gasteiger partial charge is 0.380 e. The fourth-order valence-corrected chi connectivity index (χ4v) is 1.59. The highest BCUT2D eigenvalue weighted by Crippen LogP contribution is 2.06. The third-order valence-electron chi connectivity index (χ3n) is 2.65. The molecule has 1 aromatic heterocycles. The Morgan fingerprint density at radius 2 is 1.94 bits per heavy atom. The van der Waals surface area contributed by atoms with Crippen molar-refractivity contribution in [2.75, 3.05) is 37.7 Å². The van der Waals surface area contributed by atoms with Gasteiger partial charge >= 0.3 is 0 Å². The number of nitrogens with one attached hydrogen (secondary N) is 1. The lowest BCUT2D eigenvalue weighted by Gasteiger charge is -2.20. The molecule has 0 aromatic carbocycles. The number of hydrogen-bond acceptors (Lipinski definition) is 5. The quantitative estimate of drug-likeness (QED) is 0.674. The van der Waals surface area contributed by atoms with Crippen molar-refractivity contribution in [2.24, 2.45) is 0 Å². The summed E-state index contributed by atoms with van der Waals surface area (Å²) >= 11 is 0. The van der Waals surface area contributed by atoms with Gasteiger partial charge in [-0.2, -0.15) is 0 Å². The second-order valence-corrected chi connectivity index (χ2v) is 3.95. The summed E-state index contributed by atoms with van der Waals surface area (Å²) < 4.78 is 5.36. The number of rotatable bonds is 9. The summed E-state index contributed by atoms with van der Waals surface area (Å²) in [6.07, 6.45) is 3.77. The summed E-state index contributed by atoms with van der Waals surface area (Å²) in [5, 5.41) is 3.26. The van der Waals surface area contributed by atoms with Gasteiger partial charge in [-0.1, -0.05) is 6.92 Å². The third-order valence-corrected chi connectivity index (χ3v) is 2.65. The fourth-order valence-electron chi connectivity index (χ4n) is 1.59. The molecule has 0 aliphatic heterocycles. The van der Waals surface area contributed by atoms with Crippen molar-refractivity contribution < 1.29 is 4.74 Å². The van der Waals surface area contributed by atoms with Crippen molar-refractivity contribution >= 4 is 5.95 Å². The van der Waals surface area contributed by atoms with Crippen LogP contribution < -0.4 is 10.2 Å². The normalized spacial score (nSPS) is 10.6. The highest BCUT2D eigenvalue weighted by molar-refractivity contribution is 5.29. The Hall–Kier alpha value is -1.20. The summed E-state index contributed by atoms with van der Waals surface area (Å²) in [6, 6.07) is 0. The van der Waals surface area contributed by atoms with E-state index in [2.05, 4.69) is 34.0 Å². The average Bonchev–Trinajstić information content (AvgIpc) is 2.42. The second-order valence-electron chi connectivity index (χ2n) is 3.95. The molecule has 0 saturated carbocycles. The Balaban J connectivity index is 2.52. The van der Waals surface area contributed by atoms with E-state index in [0.717, 1.165) is 44.3 Å². The maximum Gasteiger partial charge on any atom is 0.225 e. The minimum atomic E-state index is 0.715. The zero-order chi connectivity index (χ0) is 13.2. The number of aromatic nitrogens is 2. The Labute approximate surface area is 110 Å². The molecule has 18 heavy (non-hydrogen) atoms. The van der Waals surface area contributed by atoms with Crippen LogP contribution in [0.15, 0.2) is 12.4 Å². The fraction of sp³-hybridized carbons (Fsp3) is 0.692. The SMILES string of the molecule is CCNCc1cnc(N(CC)CCOCC)nc1. The molecule has 0 aliphatic rings. The zero-order valence-electron chi connectivity index (χ0n) is 11.6. The molecule has 1 rings (SSSR count). The molecule has 102 valence electrons. The number of anilines is 1. The number of likely N-dealkylation sites (N-methyl/N-ethyl adjacent to an activating group) is 1. The molecule has 0 fully saturated rings. The van der Waals surface area contributed by atoms with E-state index in [1.54, 1.807) is 0 Å². The molecule has 0 unspecified atom stereocenters. The van der Waals surface area contributed by atoms with Crippen LogP contribution in [0.3, 0.4) is 0 Å². The van der Waals surface area contributed by atoms with Crippen molar-refractivity contribution in [1.29, 1.82) is 0 Å². The first kappa shape index (κ1) is 14.9. The van der Waals surface area contributed by atoms with Crippen molar-refractivity contribution in [3.05, 3.63) is 18.0 Å². The van der Waals surface area contributed by atoms with Crippen LogP contribution in [0.25, 0.3) is 0 Å². The van der Waals surface area contributed by atoms with Crippen LogP contribution in [-0.2, 0) is 11.3 Å². The smallest absolute Gasteiger partial charge is 0.225 e. The number of hydrogen-bond donors (Lipinski definition) is 1. The molecule has 0 amide bonds. The van der Waals surface area contributed by atoms with Crippen LogP contribution in [-0.4, -0.2) is 42.8 Å². The lowest BCUT2D eigenvalue weighted by atomic mass is 10.3. The van der Waals surface area contributed by atoms with Gasteiger partial charge in [-0.05, 0) is 20.4 Å². The van der Waals surface area contributed by atoms with E-state index in [4.69, 9.17) is 4.74 Å². The molecular formula is C13H24N4O. The molecule has 0 aliphatic carbocycles. The first-order valence-corrected chi connectivity index (χ1v) is 6.66. The molecule has 0 radical (unpaired) electrons. The van der Waals surface area contributed by atoms with Crippen LogP contribution in [0.5, 0.6) is 0 Å².